The van der Waals surface area contributed by atoms with E-state index in [1.54, 1.807) is 25.3 Å². The van der Waals surface area contributed by atoms with Crippen molar-refractivity contribution < 1.29 is 24.2 Å². The number of nitrogens with zero attached hydrogens (tertiary/aromatic N) is 5. The number of imidazole rings is 1. The lowest BCUT2D eigenvalue weighted by Crippen LogP contribution is -2.41. The number of fused-ring (bicyclic) bond motifs is 3. The second kappa shape index (κ2) is 13.9. The Kier molecular flexibility index (Phi) is 10.1. The number of carbonyl (C=O) groups is 2. The predicted molar refractivity (Wildman–Crippen MR) is 158 cm³/mol. The zero-order valence-electron chi connectivity index (χ0n) is 23.9. The van der Waals surface area contributed by atoms with Crippen LogP contribution < -0.4 is 10.5 Å². The van der Waals surface area contributed by atoms with Gasteiger partial charge in [0.05, 0.1) is 24.2 Å². The van der Waals surface area contributed by atoms with Gasteiger partial charge in [0.15, 0.2) is 12.4 Å². The topological polar surface area (TPSA) is 136 Å². The highest BCUT2D eigenvalue weighted by Crippen LogP contribution is 2.29. The molecule has 0 aliphatic heterocycles. The second-order valence-electron chi connectivity index (χ2n) is 9.74. The fraction of sp³-hybridized carbons (Fsp3) is 0.400. The lowest BCUT2D eigenvalue weighted by molar-refractivity contribution is -0.139. The van der Waals surface area contributed by atoms with Gasteiger partial charge in [-0.1, -0.05) is 44.2 Å². The number of ether oxygens (including phenoxy) is 2. The predicted octanol–water partition coefficient (Wildman–Crippen LogP) is 3.19. The molecule has 1 amide bonds. The normalized spacial score (nSPS) is 11.4. The van der Waals surface area contributed by atoms with Gasteiger partial charge in [0.1, 0.15) is 17.1 Å². The van der Waals surface area contributed by atoms with Crippen molar-refractivity contribution in [1.29, 1.82) is 0 Å². The summed E-state index contributed by atoms with van der Waals surface area (Å²) in [6.07, 6.45) is 0.579. The van der Waals surface area contributed by atoms with E-state index in [9.17, 15) is 9.59 Å². The third kappa shape index (κ3) is 7.30. The summed E-state index contributed by atoms with van der Waals surface area (Å²) >= 11 is 0. The molecule has 0 radical (unpaired) electrons. The first-order valence-electron chi connectivity index (χ1n) is 13.8. The minimum Gasteiger partial charge on any atom is -0.482 e. The van der Waals surface area contributed by atoms with Crippen LogP contribution in [-0.2, 0) is 33.8 Å². The molecule has 0 spiro atoms. The van der Waals surface area contributed by atoms with Crippen molar-refractivity contribution in [3.63, 3.8) is 0 Å². The fourth-order valence-electron chi connectivity index (χ4n) is 4.88. The first-order chi connectivity index (χ1) is 19.8. The number of anilines is 1. The van der Waals surface area contributed by atoms with Crippen molar-refractivity contribution in [2.75, 3.05) is 52.2 Å². The van der Waals surface area contributed by atoms with Gasteiger partial charge >= 0.3 is 5.97 Å². The molecule has 0 atom stereocenters. The Hall–Kier alpha value is -4.22. The fourth-order valence-corrected chi connectivity index (χ4v) is 4.88. The summed E-state index contributed by atoms with van der Waals surface area (Å²) in [5.74, 6) is 0.569. The van der Waals surface area contributed by atoms with E-state index in [4.69, 9.17) is 25.3 Å². The van der Waals surface area contributed by atoms with Gasteiger partial charge in [-0.15, -0.1) is 0 Å². The Morgan fingerprint density at radius 1 is 1.07 bits per heavy atom. The Morgan fingerprint density at radius 2 is 1.85 bits per heavy atom. The van der Waals surface area contributed by atoms with Gasteiger partial charge in [0.25, 0.3) is 0 Å². The van der Waals surface area contributed by atoms with E-state index in [-0.39, 0.29) is 5.91 Å². The number of nitrogens with two attached hydrogens (primary N) is 1. The van der Waals surface area contributed by atoms with Gasteiger partial charge in [-0.3, -0.25) is 9.69 Å². The third-order valence-electron chi connectivity index (χ3n) is 7.05. The molecule has 2 aromatic heterocycles. The molecule has 2 heterocycles. The van der Waals surface area contributed by atoms with Crippen LogP contribution in [0.15, 0.2) is 48.5 Å². The largest absolute Gasteiger partial charge is 0.482 e. The van der Waals surface area contributed by atoms with Crippen LogP contribution >= 0.6 is 0 Å². The van der Waals surface area contributed by atoms with Gasteiger partial charge in [0.2, 0.25) is 5.91 Å². The zero-order chi connectivity index (χ0) is 29.4. The number of para-hydroxylation sites is 1. The van der Waals surface area contributed by atoms with E-state index in [1.807, 2.05) is 49.1 Å². The van der Waals surface area contributed by atoms with Crippen molar-refractivity contribution in [3.05, 3.63) is 59.9 Å². The van der Waals surface area contributed by atoms with Crippen LogP contribution in [0, 0.1) is 0 Å². The number of aliphatic carboxylic acids is 1. The molecule has 3 N–H and O–H groups in total. The molecule has 0 bridgehead atoms. The minimum absolute atomic E-state index is 0.000501. The minimum atomic E-state index is -1.05. The van der Waals surface area contributed by atoms with Crippen LogP contribution in [0.2, 0.25) is 0 Å². The third-order valence-corrected chi connectivity index (χ3v) is 7.05. The quantitative estimate of drug-likeness (QED) is 0.224. The maximum atomic E-state index is 13.6. The average Bonchev–Trinajstić information content (AvgIpc) is 3.35. The molecule has 11 nitrogen and oxygen atoms in total. The molecular weight excluding hydrogens is 524 g/mol. The zero-order valence-corrected chi connectivity index (χ0v) is 23.9. The number of likely N-dealkylation sites (N-methyl/N-ethyl adjacent to an activating group) is 1. The number of pyridine rings is 1. The number of carboxylic acids is 1. The van der Waals surface area contributed by atoms with Crippen LogP contribution in [0.25, 0.3) is 21.9 Å². The molecule has 0 saturated carbocycles. The number of aromatic nitrogens is 3. The first kappa shape index (κ1) is 29.8. The lowest BCUT2D eigenvalue weighted by Gasteiger charge is -2.27. The van der Waals surface area contributed by atoms with Crippen LogP contribution in [-0.4, -0.2) is 87.8 Å². The molecular formula is C30H38N6O5. The second-order valence-corrected chi connectivity index (χ2v) is 9.74. The number of carboxylic acid groups (broad SMARTS) is 1. The van der Waals surface area contributed by atoms with Gasteiger partial charge in [-0.25, -0.2) is 14.8 Å². The molecule has 0 aliphatic carbocycles. The van der Waals surface area contributed by atoms with Crippen molar-refractivity contribution >= 4 is 39.6 Å². The van der Waals surface area contributed by atoms with Crippen molar-refractivity contribution in [2.24, 2.45) is 0 Å². The molecule has 11 heteroatoms. The smallest absolute Gasteiger partial charge is 0.341 e. The highest BCUT2D eigenvalue weighted by atomic mass is 16.5. The number of hydrogen-bond donors (Lipinski definition) is 2. The Bertz CT molecular complexity index is 1500. The first-order valence-corrected chi connectivity index (χ1v) is 13.8. The van der Waals surface area contributed by atoms with E-state index in [1.165, 1.54) is 0 Å². The Morgan fingerprint density at radius 3 is 2.59 bits per heavy atom. The molecule has 218 valence electrons. The van der Waals surface area contributed by atoms with E-state index < -0.39 is 12.6 Å². The maximum Gasteiger partial charge on any atom is 0.341 e. The van der Waals surface area contributed by atoms with Gasteiger partial charge in [-0.05, 0) is 36.9 Å². The number of methoxy groups -OCH3 is 1. The van der Waals surface area contributed by atoms with Gasteiger partial charge in [-0.2, -0.15) is 0 Å². The van der Waals surface area contributed by atoms with Crippen molar-refractivity contribution in [1.82, 2.24) is 24.3 Å². The average molecular weight is 563 g/mol. The monoisotopic (exact) mass is 562 g/mol. The summed E-state index contributed by atoms with van der Waals surface area (Å²) in [4.78, 5) is 37.9. The number of hydrogen-bond acceptors (Lipinski definition) is 8. The molecule has 4 rings (SSSR count). The van der Waals surface area contributed by atoms with Gasteiger partial charge < -0.3 is 29.8 Å². The van der Waals surface area contributed by atoms with Crippen LogP contribution in [0.3, 0.4) is 0 Å². The Labute approximate surface area is 239 Å². The Balaban J connectivity index is 1.68. The number of benzene rings is 2. The summed E-state index contributed by atoms with van der Waals surface area (Å²) in [6.45, 7) is 7.20. The summed E-state index contributed by atoms with van der Waals surface area (Å²) in [6, 6.07) is 15.0. The summed E-state index contributed by atoms with van der Waals surface area (Å²) in [5.41, 5.74) is 9.50. The number of nitrogen functional groups attached to an aromatic ring is 1. The SMILES string of the molecule is CCN(CC)CC(=O)N(CCn1c(CCOC)nc2c(N)nc3ccccc3c21)Cc1cccc(OCC(=O)O)c1. The van der Waals surface area contributed by atoms with E-state index in [0.29, 0.717) is 56.3 Å². The molecule has 4 aromatic rings. The molecule has 0 aliphatic rings. The van der Waals surface area contributed by atoms with E-state index in [0.717, 1.165) is 40.9 Å². The summed E-state index contributed by atoms with van der Waals surface area (Å²) in [7, 11) is 1.65. The highest BCUT2D eigenvalue weighted by Gasteiger charge is 2.21. The molecule has 0 unspecified atom stereocenters. The molecule has 0 fully saturated rings. The summed E-state index contributed by atoms with van der Waals surface area (Å²) < 4.78 is 12.8. The number of carbonyl (C=O) groups excluding carboxylic acids is 1. The van der Waals surface area contributed by atoms with Crippen molar-refractivity contribution in [2.45, 2.75) is 33.4 Å². The van der Waals surface area contributed by atoms with Gasteiger partial charge in [0, 0.05) is 38.6 Å². The number of rotatable bonds is 15. The summed E-state index contributed by atoms with van der Waals surface area (Å²) in [5, 5.41) is 9.92. The highest BCUT2D eigenvalue weighted by molar-refractivity contribution is 6.06. The van der Waals surface area contributed by atoms with E-state index in [2.05, 4.69) is 14.5 Å². The van der Waals surface area contributed by atoms with Crippen molar-refractivity contribution in [3.8, 4) is 5.75 Å². The lowest BCUT2D eigenvalue weighted by atomic mass is 10.2. The maximum absolute atomic E-state index is 13.6. The van der Waals surface area contributed by atoms with Crippen LogP contribution in [0.1, 0.15) is 25.2 Å². The standard InChI is InChI=1S/C30H38N6O5/c1-4-34(5-2)19-26(37)35(18-21-9-8-10-22(17-21)41-20-27(38)39)14-15-36-25(13-16-40-3)33-28-29(36)23-11-6-7-12-24(23)32-30(28)31/h6-12,17H,4-5,13-16,18-20H2,1-3H3,(H2,31,32)(H,38,39). The molecule has 2 aromatic carbocycles. The van der Waals surface area contributed by atoms with Crippen LogP contribution in [0.5, 0.6) is 5.75 Å². The van der Waals surface area contributed by atoms with E-state index >= 15 is 0 Å². The number of amides is 1. The van der Waals surface area contributed by atoms with Crippen LogP contribution in [0.4, 0.5) is 5.82 Å². The molecule has 0 saturated heterocycles. The molecule has 41 heavy (non-hydrogen) atoms.